The van der Waals surface area contributed by atoms with Crippen LogP contribution in [-0.4, -0.2) is 44.7 Å². The highest BCUT2D eigenvalue weighted by Crippen LogP contribution is 2.36. The standard InChI is InChI=1S/C19H16F3N7O2/c20-19(21,22)13-8-26-18(28-17(13)31-12-9-30-10-12)27-15-7-11(4-5-25-15)16(24)29-6-2-1-3-14(29)23/h1-8,12,23-24H,9-10H2,(H,25,26,27,28). The Morgan fingerprint density at radius 2 is 2.03 bits per heavy atom. The predicted molar refractivity (Wildman–Crippen MR) is 102 cm³/mol. The van der Waals surface area contributed by atoms with Crippen molar-refractivity contribution in [1.29, 1.82) is 10.8 Å². The zero-order chi connectivity index (χ0) is 22.0. The van der Waals surface area contributed by atoms with Gasteiger partial charge in [0.05, 0.1) is 13.2 Å². The first-order chi connectivity index (χ1) is 14.8. The molecule has 160 valence electrons. The summed E-state index contributed by atoms with van der Waals surface area (Å²) in [5, 5.41) is 19.0. The zero-order valence-corrected chi connectivity index (χ0v) is 15.8. The Hall–Kier alpha value is -3.80. The average molecular weight is 431 g/mol. The number of alkyl halides is 3. The summed E-state index contributed by atoms with van der Waals surface area (Å²) in [5.41, 5.74) is -0.541. The van der Waals surface area contributed by atoms with E-state index in [1.807, 2.05) is 0 Å². The molecular weight excluding hydrogens is 415 g/mol. The molecule has 0 saturated carbocycles. The van der Waals surface area contributed by atoms with Crippen LogP contribution >= 0.6 is 0 Å². The summed E-state index contributed by atoms with van der Waals surface area (Å²) in [4.78, 5) is 11.7. The number of rotatable bonds is 5. The molecule has 3 N–H and O–H groups in total. The Morgan fingerprint density at radius 3 is 2.71 bits per heavy atom. The van der Waals surface area contributed by atoms with Gasteiger partial charge in [0.2, 0.25) is 11.8 Å². The van der Waals surface area contributed by atoms with E-state index in [0.717, 1.165) is 0 Å². The molecule has 0 atom stereocenters. The van der Waals surface area contributed by atoms with Crippen LogP contribution in [0.15, 0.2) is 48.9 Å². The fraction of sp³-hybridized carbons (Fsp3) is 0.211. The lowest BCUT2D eigenvalue weighted by Gasteiger charge is -2.27. The number of aromatic nitrogens is 4. The van der Waals surface area contributed by atoms with Crippen molar-refractivity contribution in [2.45, 2.75) is 12.3 Å². The molecule has 4 heterocycles. The van der Waals surface area contributed by atoms with Crippen molar-refractivity contribution < 1.29 is 22.6 Å². The van der Waals surface area contributed by atoms with Gasteiger partial charge in [0.1, 0.15) is 28.8 Å². The minimum Gasteiger partial charge on any atom is -0.469 e. The van der Waals surface area contributed by atoms with Crippen molar-refractivity contribution in [1.82, 2.24) is 19.5 Å². The first kappa shape index (κ1) is 20.5. The quantitative estimate of drug-likeness (QED) is 0.422. The highest BCUT2D eigenvalue weighted by atomic mass is 19.4. The molecule has 1 saturated heterocycles. The fourth-order valence-electron chi connectivity index (χ4n) is 2.69. The number of hydrogen-bond donors (Lipinski definition) is 3. The fourth-order valence-corrected chi connectivity index (χ4v) is 2.69. The monoisotopic (exact) mass is 431 g/mol. The van der Waals surface area contributed by atoms with E-state index in [0.29, 0.717) is 11.8 Å². The van der Waals surface area contributed by atoms with Crippen LogP contribution in [0.25, 0.3) is 0 Å². The second kappa shape index (κ2) is 8.14. The Balaban J connectivity index is 1.60. The molecule has 0 aromatic carbocycles. The number of anilines is 2. The van der Waals surface area contributed by atoms with Crippen LogP contribution in [0.5, 0.6) is 5.88 Å². The van der Waals surface area contributed by atoms with Crippen molar-refractivity contribution in [3.8, 4) is 5.88 Å². The van der Waals surface area contributed by atoms with E-state index in [4.69, 9.17) is 20.3 Å². The molecule has 31 heavy (non-hydrogen) atoms. The molecule has 1 fully saturated rings. The van der Waals surface area contributed by atoms with Gasteiger partial charge in [0.25, 0.3) is 0 Å². The molecule has 9 nitrogen and oxygen atoms in total. The molecule has 12 heteroatoms. The molecule has 1 aliphatic rings. The van der Waals surface area contributed by atoms with Crippen LogP contribution < -0.4 is 15.5 Å². The Labute approximate surface area is 173 Å². The summed E-state index contributed by atoms with van der Waals surface area (Å²) in [6.07, 6.45) is -1.54. The van der Waals surface area contributed by atoms with Crippen molar-refractivity contribution in [2.24, 2.45) is 0 Å². The van der Waals surface area contributed by atoms with Gasteiger partial charge < -0.3 is 14.8 Å². The summed E-state index contributed by atoms with van der Waals surface area (Å²) < 4.78 is 51.3. The maximum Gasteiger partial charge on any atom is 0.423 e. The van der Waals surface area contributed by atoms with Crippen LogP contribution in [0.3, 0.4) is 0 Å². The lowest BCUT2D eigenvalue weighted by atomic mass is 10.2. The van der Waals surface area contributed by atoms with E-state index < -0.39 is 23.7 Å². The third-order valence-electron chi connectivity index (χ3n) is 4.32. The number of nitrogens with zero attached hydrogens (tertiary/aromatic N) is 4. The summed E-state index contributed by atoms with van der Waals surface area (Å²) in [7, 11) is 0. The topological polar surface area (TPSA) is 122 Å². The van der Waals surface area contributed by atoms with Gasteiger partial charge in [-0.3, -0.25) is 15.4 Å². The number of pyridine rings is 2. The van der Waals surface area contributed by atoms with Crippen molar-refractivity contribution >= 4 is 17.6 Å². The highest BCUT2D eigenvalue weighted by molar-refractivity contribution is 5.98. The van der Waals surface area contributed by atoms with Crippen LogP contribution in [0.4, 0.5) is 24.9 Å². The van der Waals surface area contributed by atoms with E-state index in [1.165, 1.54) is 16.8 Å². The van der Waals surface area contributed by atoms with E-state index in [9.17, 15) is 13.2 Å². The molecule has 0 spiro atoms. The minimum atomic E-state index is -4.67. The molecule has 0 bridgehead atoms. The first-order valence-electron chi connectivity index (χ1n) is 9.04. The maximum atomic E-state index is 13.2. The molecule has 0 unspecified atom stereocenters. The Bertz CT molecular complexity index is 1180. The van der Waals surface area contributed by atoms with E-state index in [-0.39, 0.29) is 36.3 Å². The van der Waals surface area contributed by atoms with Crippen LogP contribution in [0.2, 0.25) is 0 Å². The molecule has 0 radical (unpaired) electrons. The highest BCUT2D eigenvalue weighted by Gasteiger charge is 2.37. The lowest BCUT2D eigenvalue weighted by molar-refractivity contribution is -0.142. The van der Waals surface area contributed by atoms with E-state index >= 15 is 0 Å². The number of halogens is 3. The smallest absolute Gasteiger partial charge is 0.423 e. The van der Waals surface area contributed by atoms with Gasteiger partial charge in [-0.15, -0.1) is 0 Å². The molecule has 0 amide bonds. The molecule has 3 aromatic rings. The summed E-state index contributed by atoms with van der Waals surface area (Å²) >= 11 is 0. The minimum absolute atomic E-state index is 0.0263. The number of hydrogen-bond acceptors (Lipinski definition) is 8. The molecule has 4 rings (SSSR count). The predicted octanol–water partition coefficient (Wildman–Crippen LogP) is 2.57. The third kappa shape index (κ3) is 4.53. The van der Waals surface area contributed by atoms with Crippen LogP contribution in [0.1, 0.15) is 11.1 Å². The largest absolute Gasteiger partial charge is 0.469 e. The maximum absolute atomic E-state index is 13.2. The summed E-state index contributed by atoms with van der Waals surface area (Å²) in [5.74, 6) is -0.504. The normalized spacial score (nSPS) is 14.0. The van der Waals surface area contributed by atoms with Gasteiger partial charge in [0.15, 0.2) is 0 Å². The van der Waals surface area contributed by atoms with E-state index in [1.54, 1.807) is 30.5 Å². The van der Waals surface area contributed by atoms with Gasteiger partial charge in [-0.2, -0.15) is 18.2 Å². The van der Waals surface area contributed by atoms with Gasteiger partial charge >= 0.3 is 6.18 Å². The lowest BCUT2D eigenvalue weighted by Crippen LogP contribution is -2.39. The summed E-state index contributed by atoms with van der Waals surface area (Å²) in [6, 6.07) is 8.00. The van der Waals surface area contributed by atoms with Gasteiger partial charge in [0, 0.05) is 24.2 Å². The third-order valence-corrected chi connectivity index (χ3v) is 4.32. The van der Waals surface area contributed by atoms with Gasteiger partial charge in [-0.1, -0.05) is 6.07 Å². The number of nitrogens with one attached hydrogen (secondary N) is 3. The van der Waals surface area contributed by atoms with Crippen molar-refractivity contribution in [3.05, 3.63) is 65.5 Å². The van der Waals surface area contributed by atoms with E-state index in [2.05, 4.69) is 20.3 Å². The molecule has 3 aromatic heterocycles. The molecule has 1 aliphatic heterocycles. The van der Waals surface area contributed by atoms with Crippen molar-refractivity contribution in [3.63, 3.8) is 0 Å². The first-order valence-corrected chi connectivity index (χ1v) is 9.04. The van der Waals surface area contributed by atoms with Gasteiger partial charge in [-0.05, 0) is 24.3 Å². The molecule has 0 aliphatic carbocycles. The Kier molecular flexibility index (Phi) is 5.38. The summed E-state index contributed by atoms with van der Waals surface area (Å²) in [6.45, 7) is 0.371. The second-order valence-corrected chi connectivity index (χ2v) is 6.55. The van der Waals surface area contributed by atoms with Gasteiger partial charge in [-0.25, -0.2) is 9.97 Å². The van der Waals surface area contributed by atoms with Crippen molar-refractivity contribution in [2.75, 3.05) is 18.5 Å². The number of ether oxygens (including phenoxy) is 2. The average Bonchev–Trinajstić information content (AvgIpc) is 2.70. The van der Waals surface area contributed by atoms with Crippen LogP contribution in [-0.2, 0) is 10.9 Å². The zero-order valence-electron chi connectivity index (χ0n) is 15.8. The van der Waals surface area contributed by atoms with Crippen LogP contribution in [0, 0.1) is 10.8 Å². The molecular formula is C19H16F3N7O2. The SMILES string of the molecule is N=C(c1ccnc(Nc2ncc(C(F)(F)F)c(OC3COC3)n2)c1)n1ccccc1=N. The second-order valence-electron chi connectivity index (χ2n) is 6.55. The Morgan fingerprint density at radius 1 is 1.23 bits per heavy atom.